The summed E-state index contributed by atoms with van der Waals surface area (Å²) in [6.45, 7) is 6.04. The lowest BCUT2D eigenvalue weighted by Crippen LogP contribution is -2.36. The summed E-state index contributed by atoms with van der Waals surface area (Å²) in [6.07, 6.45) is -4.48. The van der Waals surface area contributed by atoms with Gasteiger partial charge in [0.2, 0.25) is 0 Å². The Morgan fingerprint density at radius 2 is 1.74 bits per heavy atom. The van der Waals surface area contributed by atoms with Crippen LogP contribution in [0.1, 0.15) is 31.1 Å². The van der Waals surface area contributed by atoms with Crippen LogP contribution in [0.2, 0.25) is 0 Å². The fourth-order valence-corrected chi connectivity index (χ4v) is 4.24. The Labute approximate surface area is 192 Å². The van der Waals surface area contributed by atoms with E-state index < -0.39 is 17.4 Å². The summed E-state index contributed by atoms with van der Waals surface area (Å²) in [6, 6.07) is 10.2. The van der Waals surface area contributed by atoms with Gasteiger partial charge >= 0.3 is 11.8 Å². The number of nitrogens with zero attached hydrogens (tertiary/aromatic N) is 1. The molecule has 178 valence electrons. The molecule has 9 heteroatoms. The molecule has 1 fully saturated rings. The van der Waals surface area contributed by atoms with E-state index in [0.717, 1.165) is 12.1 Å². The van der Waals surface area contributed by atoms with Crippen LogP contribution in [0.5, 0.6) is 0 Å². The number of fused-ring (bicyclic) bond motifs is 2. The smallest absolute Gasteiger partial charge is 0.416 e. The third-order valence-corrected chi connectivity index (χ3v) is 5.92. The summed E-state index contributed by atoms with van der Waals surface area (Å²) in [5, 5.41) is 4.64. The maximum absolute atomic E-state index is 13.6. The van der Waals surface area contributed by atoms with Crippen LogP contribution in [0.4, 0.5) is 30.2 Å². The summed E-state index contributed by atoms with van der Waals surface area (Å²) in [4.78, 5) is 13.6. The summed E-state index contributed by atoms with van der Waals surface area (Å²) in [5.41, 5.74) is 1.23. The highest BCUT2D eigenvalue weighted by Crippen LogP contribution is 2.42. The molecule has 0 amide bonds. The monoisotopic (exact) mass is 472 g/mol. The number of morpholine rings is 1. The number of hydrogen-bond acceptors (Lipinski definition) is 6. The van der Waals surface area contributed by atoms with Crippen molar-refractivity contribution in [3.63, 3.8) is 0 Å². The van der Waals surface area contributed by atoms with Crippen LogP contribution in [0.25, 0.3) is 21.9 Å². The molecule has 0 atom stereocenters. The fourth-order valence-electron chi connectivity index (χ4n) is 4.24. The second-order valence-electron chi connectivity index (χ2n) is 8.59. The van der Waals surface area contributed by atoms with Crippen molar-refractivity contribution in [1.29, 1.82) is 0 Å². The number of benzene rings is 2. The molecule has 6 nitrogen and oxygen atoms in total. The Kier molecular flexibility index (Phi) is 5.51. The van der Waals surface area contributed by atoms with Crippen molar-refractivity contribution in [3.05, 3.63) is 64.2 Å². The van der Waals surface area contributed by atoms with Gasteiger partial charge in [-0.15, -0.1) is 0 Å². The molecule has 0 spiro atoms. The number of ether oxygens (including phenoxy) is 1. The Morgan fingerprint density at radius 1 is 0.971 bits per heavy atom. The average Bonchev–Trinajstić information content (AvgIpc) is 3.15. The number of nitrogens with one attached hydrogen (secondary N) is 1. The molecule has 34 heavy (non-hydrogen) atoms. The largest absolute Gasteiger partial charge is 0.458 e. The van der Waals surface area contributed by atoms with Crippen LogP contribution in [0, 0.1) is 0 Å². The molecule has 0 radical (unpaired) electrons. The van der Waals surface area contributed by atoms with Crippen LogP contribution in [0.3, 0.4) is 0 Å². The fraction of sp³-hybridized carbons (Fsp3) is 0.320. The zero-order valence-electron chi connectivity index (χ0n) is 18.7. The van der Waals surface area contributed by atoms with Gasteiger partial charge in [-0.3, -0.25) is 0 Å². The predicted molar refractivity (Wildman–Crippen MR) is 124 cm³/mol. The quantitative estimate of drug-likeness (QED) is 0.354. The van der Waals surface area contributed by atoms with Gasteiger partial charge in [0.1, 0.15) is 16.9 Å². The average molecular weight is 472 g/mol. The second kappa shape index (κ2) is 8.39. The van der Waals surface area contributed by atoms with Crippen LogP contribution in [0.15, 0.2) is 56.1 Å². The Bertz CT molecular complexity index is 1420. The molecular formula is C25H23F3N2O4. The third-order valence-electron chi connectivity index (χ3n) is 5.92. The van der Waals surface area contributed by atoms with Crippen molar-refractivity contribution in [2.75, 3.05) is 36.5 Å². The van der Waals surface area contributed by atoms with Gasteiger partial charge in [0.25, 0.3) is 0 Å². The molecule has 1 saturated heterocycles. The Balaban J connectivity index is 1.68. The van der Waals surface area contributed by atoms with E-state index in [-0.39, 0.29) is 5.92 Å². The molecule has 0 saturated carbocycles. The molecule has 2 aromatic heterocycles. The standard InChI is InChI=1S/C25H23F3N2O4/c1-14(2)24-23(17-11-15-3-6-22(31)33-20(15)13-21(17)34-24)29-18-12-16(25(26,27)28)4-5-19(18)30-7-9-32-10-8-30/h3-6,11-14,29H,7-10H2,1-2H3. The summed E-state index contributed by atoms with van der Waals surface area (Å²) in [5.74, 6) is 0.542. The zero-order chi connectivity index (χ0) is 24.0. The van der Waals surface area contributed by atoms with Crippen molar-refractivity contribution >= 4 is 39.0 Å². The molecule has 1 aliphatic rings. The SMILES string of the molecule is CC(C)c1oc2cc3oc(=O)ccc3cc2c1Nc1cc(C(F)(F)F)ccc1N1CCOCC1. The molecule has 5 rings (SSSR count). The van der Waals surface area contributed by atoms with E-state index in [1.54, 1.807) is 12.1 Å². The molecule has 1 N–H and O–H groups in total. The van der Waals surface area contributed by atoms with Crippen molar-refractivity contribution in [2.45, 2.75) is 25.9 Å². The first-order chi connectivity index (χ1) is 16.2. The molecule has 0 unspecified atom stereocenters. The molecule has 0 aliphatic carbocycles. The van der Waals surface area contributed by atoms with Crippen molar-refractivity contribution in [2.24, 2.45) is 0 Å². The Hall–Kier alpha value is -3.46. The van der Waals surface area contributed by atoms with Crippen molar-refractivity contribution in [1.82, 2.24) is 0 Å². The van der Waals surface area contributed by atoms with Crippen LogP contribution in [-0.2, 0) is 10.9 Å². The van der Waals surface area contributed by atoms with Gasteiger partial charge in [-0.05, 0) is 30.3 Å². The van der Waals surface area contributed by atoms with Gasteiger partial charge in [-0.25, -0.2) is 4.79 Å². The maximum Gasteiger partial charge on any atom is 0.416 e. The predicted octanol–water partition coefficient (Wildman–Crippen LogP) is 6.26. The third kappa shape index (κ3) is 4.11. The second-order valence-corrected chi connectivity index (χ2v) is 8.59. The van der Waals surface area contributed by atoms with Crippen LogP contribution >= 0.6 is 0 Å². The molecule has 3 heterocycles. The Morgan fingerprint density at radius 3 is 2.44 bits per heavy atom. The number of rotatable bonds is 4. The first kappa shape index (κ1) is 22.3. The number of alkyl halides is 3. The van der Waals surface area contributed by atoms with E-state index in [2.05, 4.69) is 5.32 Å². The van der Waals surface area contributed by atoms with Gasteiger partial charge in [0.15, 0.2) is 0 Å². The number of halogens is 3. The number of anilines is 3. The minimum atomic E-state index is -4.48. The van der Waals surface area contributed by atoms with E-state index >= 15 is 0 Å². The molecule has 2 aromatic carbocycles. The number of furan rings is 1. The van der Waals surface area contributed by atoms with Crippen molar-refractivity contribution in [3.8, 4) is 0 Å². The van der Waals surface area contributed by atoms with Gasteiger partial charge in [-0.2, -0.15) is 13.2 Å². The maximum atomic E-state index is 13.6. The summed E-state index contributed by atoms with van der Waals surface area (Å²) in [7, 11) is 0. The van der Waals surface area contributed by atoms with E-state index in [9.17, 15) is 18.0 Å². The lowest BCUT2D eigenvalue weighted by atomic mass is 10.1. The van der Waals surface area contributed by atoms with Crippen molar-refractivity contribution < 1.29 is 26.7 Å². The van der Waals surface area contributed by atoms with Gasteiger partial charge in [0.05, 0.1) is 35.8 Å². The highest BCUT2D eigenvalue weighted by Gasteiger charge is 2.32. The normalized spacial score (nSPS) is 14.9. The number of hydrogen-bond donors (Lipinski definition) is 1. The molecule has 1 aliphatic heterocycles. The minimum absolute atomic E-state index is 0.0531. The first-order valence-corrected chi connectivity index (χ1v) is 11.0. The topological polar surface area (TPSA) is 67.9 Å². The van der Waals surface area contributed by atoms with E-state index in [0.29, 0.717) is 71.1 Å². The summed E-state index contributed by atoms with van der Waals surface area (Å²) >= 11 is 0. The van der Waals surface area contributed by atoms with Gasteiger partial charge in [0, 0.05) is 41.9 Å². The minimum Gasteiger partial charge on any atom is -0.458 e. The lowest BCUT2D eigenvalue weighted by Gasteiger charge is -2.31. The van der Waals surface area contributed by atoms with E-state index in [4.69, 9.17) is 13.6 Å². The molecular weight excluding hydrogens is 449 g/mol. The first-order valence-electron chi connectivity index (χ1n) is 11.0. The van der Waals surface area contributed by atoms with Crippen LogP contribution < -0.4 is 15.8 Å². The molecule has 4 aromatic rings. The zero-order valence-corrected chi connectivity index (χ0v) is 18.7. The highest BCUT2D eigenvalue weighted by atomic mass is 19.4. The van der Waals surface area contributed by atoms with E-state index in [1.807, 2.05) is 24.8 Å². The summed E-state index contributed by atoms with van der Waals surface area (Å²) < 4.78 is 57.5. The van der Waals surface area contributed by atoms with Gasteiger partial charge < -0.3 is 23.8 Å². The van der Waals surface area contributed by atoms with E-state index in [1.165, 1.54) is 12.1 Å². The van der Waals surface area contributed by atoms with Gasteiger partial charge in [-0.1, -0.05) is 13.8 Å². The molecule has 0 bridgehead atoms. The highest BCUT2D eigenvalue weighted by molar-refractivity contribution is 6.02. The van der Waals surface area contributed by atoms with Crippen LogP contribution in [-0.4, -0.2) is 26.3 Å². The lowest BCUT2D eigenvalue weighted by molar-refractivity contribution is -0.137.